The van der Waals surface area contributed by atoms with E-state index in [4.69, 9.17) is 16.3 Å². The lowest BCUT2D eigenvalue weighted by Gasteiger charge is -2.38. The second-order valence-electron chi connectivity index (χ2n) is 11.1. The van der Waals surface area contributed by atoms with Gasteiger partial charge in [0.05, 0.1) is 29.7 Å². The fourth-order valence-corrected chi connectivity index (χ4v) is 6.39. The van der Waals surface area contributed by atoms with E-state index in [0.29, 0.717) is 5.02 Å². The highest BCUT2D eigenvalue weighted by Gasteiger charge is 2.34. The summed E-state index contributed by atoms with van der Waals surface area (Å²) < 4.78 is 34.8. The van der Waals surface area contributed by atoms with Gasteiger partial charge in [-0.15, -0.1) is 0 Å². The van der Waals surface area contributed by atoms with Gasteiger partial charge in [0.1, 0.15) is 11.9 Å². The summed E-state index contributed by atoms with van der Waals surface area (Å²) in [5, 5.41) is 13.4. The van der Waals surface area contributed by atoms with Crippen LogP contribution in [0.4, 0.5) is 10.5 Å². The van der Waals surface area contributed by atoms with Crippen molar-refractivity contribution in [1.29, 1.82) is 0 Å². The van der Waals surface area contributed by atoms with Crippen LogP contribution in [0.3, 0.4) is 0 Å². The van der Waals surface area contributed by atoms with E-state index in [0.717, 1.165) is 25.7 Å². The maximum absolute atomic E-state index is 13.7. The number of hydrogen-bond acceptors (Lipinski definition) is 6. The van der Waals surface area contributed by atoms with Gasteiger partial charge in [0.2, 0.25) is 0 Å². The molecule has 12 heteroatoms. The molecular weight excluding hydrogens is 568 g/mol. The van der Waals surface area contributed by atoms with Gasteiger partial charge in [-0.3, -0.25) is 9.52 Å². The lowest BCUT2D eigenvalue weighted by Crippen LogP contribution is -2.52. The lowest BCUT2D eigenvalue weighted by molar-refractivity contribution is 0.0366. The van der Waals surface area contributed by atoms with Crippen LogP contribution in [0.15, 0.2) is 47.4 Å². The Morgan fingerprint density at radius 1 is 1.17 bits per heavy atom. The minimum Gasteiger partial charge on any atom is -0.487 e. The molecule has 0 radical (unpaired) electrons. The Balaban J connectivity index is 1.59. The normalized spacial score (nSPS) is 20.7. The van der Waals surface area contributed by atoms with Gasteiger partial charge in [0, 0.05) is 36.3 Å². The number of halogens is 1. The number of ether oxygens (including phenoxy) is 1. The predicted octanol–water partition coefficient (Wildman–Crippen LogP) is 4.34. The molecule has 3 amide bonds. The zero-order valence-corrected chi connectivity index (χ0v) is 25.2. The van der Waals surface area contributed by atoms with E-state index in [1.54, 1.807) is 29.8 Å². The van der Waals surface area contributed by atoms with Gasteiger partial charge in [-0.05, 0) is 62.2 Å². The Hall–Kier alpha value is -3.02. The second-order valence-corrected chi connectivity index (χ2v) is 13.2. The highest BCUT2D eigenvalue weighted by atomic mass is 35.5. The lowest BCUT2D eigenvalue weighted by atomic mass is 9.96. The average molecular weight is 607 g/mol. The molecule has 1 fully saturated rings. The number of nitrogens with zero attached hydrogens (tertiary/aromatic N) is 2. The third-order valence-electron chi connectivity index (χ3n) is 7.77. The number of fused-ring (bicyclic) bond motifs is 1. The average Bonchev–Trinajstić information content (AvgIpc) is 2.95. The van der Waals surface area contributed by atoms with E-state index in [9.17, 15) is 23.1 Å². The number of rotatable bonds is 8. The van der Waals surface area contributed by atoms with Gasteiger partial charge in [-0.25, -0.2) is 13.2 Å². The van der Waals surface area contributed by atoms with Crippen molar-refractivity contribution in [2.75, 3.05) is 31.5 Å². The van der Waals surface area contributed by atoms with Gasteiger partial charge in [0.25, 0.3) is 15.9 Å². The molecule has 10 nitrogen and oxygen atoms in total. The summed E-state index contributed by atoms with van der Waals surface area (Å²) in [6.45, 7) is 4.01. The Labute approximate surface area is 247 Å². The van der Waals surface area contributed by atoms with E-state index in [1.165, 1.54) is 42.8 Å². The van der Waals surface area contributed by atoms with Crippen LogP contribution in [-0.4, -0.2) is 80.2 Å². The SMILES string of the molecule is C[C@H]1CN([C@@H](C)CO)C(=O)c2cc(NS(=O)(=O)c3ccc(Cl)cc3)ccc2O[C@@H]1CN(C)C(=O)NC1CCCCC1. The first kappa shape index (κ1) is 30.9. The first-order valence-electron chi connectivity index (χ1n) is 14.0. The van der Waals surface area contributed by atoms with E-state index >= 15 is 0 Å². The molecule has 41 heavy (non-hydrogen) atoms. The number of amides is 3. The number of likely N-dealkylation sites (N-methyl/N-ethyl adjacent to an activating group) is 1. The fraction of sp³-hybridized carbons (Fsp3) is 0.517. The van der Waals surface area contributed by atoms with Crippen LogP contribution in [0.2, 0.25) is 5.02 Å². The largest absolute Gasteiger partial charge is 0.487 e. The fourth-order valence-electron chi connectivity index (χ4n) is 5.22. The minimum absolute atomic E-state index is 0.0233. The summed E-state index contributed by atoms with van der Waals surface area (Å²) in [5.74, 6) is -0.283. The van der Waals surface area contributed by atoms with Crippen molar-refractivity contribution >= 4 is 39.2 Å². The summed E-state index contributed by atoms with van der Waals surface area (Å²) in [6.07, 6.45) is 4.90. The van der Waals surface area contributed by atoms with E-state index in [1.807, 2.05) is 6.92 Å². The van der Waals surface area contributed by atoms with Gasteiger partial charge >= 0.3 is 6.03 Å². The van der Waals surface area contributed by atoms with Gasteiger partial charge < -0.3 is 25.0 Å². The van der Waals surface area contributed by atoms with Crippen molar-refractivity contribution in [3.8, 4) is 5.75 Å². The van der Waals surface area contributed by atoms with Crippen LogP contribution in [0, 0.1) is 5.92 Å². The molecule has 2 aromatic carbocycles. The molecule has 0 spiro atoms. The first-order chi connectivity index (χ1) is 19.5. The topological polar surface area (TPSA) is 128 Å². The van der Waals surface area contributed by atoms with Crippen LogP contribution in [-0.2, 0) is 10.0 Å². The molecule has 3 atom stereocenters. The third-order valence-corrected chi connectivity index (χ3v) is 9.42. The number of sulfonamides is 1. The smallest absolute Gasteiger partial charge is 0.317 e. The maximum atomic E-state index is 13.7. The van der Waals surface area contributed by atoms with Crippen molar-refractivity contribution in [1.82, 2.24) is 15.1 Å². The summed E-state index contributed by atoms with van der Waals surface area (Å²) in [4.78, 5) is 29.8. The van der Waals surface area contributed by atoms with Crippen molar-refractivity contribution < 1.29 is 27.9 Å². The van der Waals surface area contributed by atoms with Gasteiger partial charge in [0.15, 0.2) is 0 Å². The number of aliphatic hydroxyl groups is 1. The van der Waals surface area contributed by atoms with E-state index in [2.05, 4.69) is 10.0 Å². The van der Waals surface area contributed by atoms with Crippen LogP contribution < -0.4 is 14.8 Å². The zero-order valence-electron chi connectivity index (χ0n) is 23.7. The van der Waals surface area contributed by atoms with Crippen LogP contribution in [0.1, 0.15) is 56.3 Å². The Morgan fingerprint density at radius 3 is 2.51 bits per heavy atom. The Kier molecular flexibility index (Phi) is 10.0. The molecule has 1 aliphatic heterocycles. The van der Waals surface area contributed by atoms with Crippen LogP contribution in [0.5, 0.6) is 5.75 Å². The molecule has 1 aliphatic carbocycles. The molecule has 0 unspecified atom stereocenters. The molecule has 0 bridgehead atoms. The predicted molar refractivity (Wildman–Crippen MR) is 158 cm³/mol. The minimum atomic E-state index is -3.95. The zero-order chi connectivity index (χ0) is 29.7. The number of carbonyl (C=O) groups excluding carboxylic acids is 2. The quantitative estimate of drug-likeness (QED) is 0.410. The summed E-state index contributed by atoms with van der Waals surface area (Å²) in [5.41, 5.74) is 0.342. The molecule has 224 valence electrons. The second kappa shape index (κ2) is 13.3. The summed E-state index contributed by atoms with van der Waals surface area (Å²) in [6, 6.07) is 9.79. The molecule has 0 aromatic heterocycles. The van der Waals surface area contributed by atoms with Crippen LogP contribution >= 0.6 is 11.6 Å². The molecule has 0 saturated heterocycles. The number of hydrogen-bond donors (Lipinski definition) is 3. The number of anilines is 1. The molecule has 2 aliphatic rings. The van der Waals surface area contributed by atoms with E-state index < -0.39 is 22.2 Å². The van der Waals surface area contributed by atoms with Crippen molar-refractivity contribution in [3.05, 3.63) is 53.1 Å². The molecular formula is C29H39ClN4O6S. The summed E-state index contributed by atoms with van der Waals surface area (Å²) >= 11 is 5.90. The molecule has 2 aromatic rings. The first-order valence-corrected chi connectivity index (χ1v) is 15.9. The molecule has 3 N–H and O–H groups in total. The van der Waals surface area contributed by atoms with Gasteiger partial charge in [-0.1, -0.05) is 37.8 Å². The number of urea groups is 1. The monoisotopic (exact) mass is 606 g/mol. The summed E-state index contributed by atoms with van der Waals surface area (Å²) in [7, 11) is -2.22. The molecule has 1 saturated carbocycles. The van der Waals surface area contributed by atoms with Crippen LogP contribution in [0.25, 0.3) is 0 Å². The Bertz CT molecular complexity index is 1330. The molecule has 1 heterocycles. The highest BCUT2D eigenvalue weighted by Crippen LogP contribution is 2.31. The highest BCUT2D eigenvalue weighted by molar-refractivity contribution is 7.92. The Morgan fingerprint density at radius 2 is 1.85 bits per heavy atom. The maximum Gasteiger partial charge on any atom is 0.317 e. The standard InChI is InChI=1S/C29H39ClN4O6S/c1-19-16-34(20(2)18-35)28(36)25-15-23(32-41(38,39)24-12-9-21(30)10-13-24)11-14-26(25)40-27(19)17-33(3)29(37)31-22-7-5-4-6-8-22/h9-15,19-20,22,27,32,35H,4-8,16-18H2,1-3H3,(H,31,37)/t19-,20-,27+/m0/s1. The van der Waals surface area contributed by atoms with Crippen molar-refractivity contribution in [2.24, 2.45) is 5.92 Å². The number of carbonyl (C=O) groups is 2. The molecule has 4 rings (SSSR count). The van der Waals surface area contributed by atoms with E-state index in [-0.39, 0.29) is 65.5 Å². The number of nitrogens with one attached hydrogen (secondary N) is 2. The number of benzene rings is 2. The van der Waals surface area contributed by atoms with Crippen molar-refractivity contribution in [2.45, 2.75) is 69.0 Å². The third kappa shape index (κ3) is 7.64. The number of aliphatic hydroxyl groups excluding tert-OH is 1. The van der Waals surface area contributed by atoms with Crippen molar-refractivity contribution in [3.63, 3.8) is 0 Å². The van der Waals surface area contributed by atoms with Gasteiger partial charge in [-0.2, -0.15) is 0 Å².